The lowest BCUT2D eigenvalue weighted by atomic mass is 9.94. The average Bonchev–Trinajstić information content (AvgIpc) is 2.54. The summed E-state index contributed by atoms with van der Waals surface area (Å²) < 4.78 is 0. The summed E-state index contributed by atoms with van der Waals surface area (Å²) in [6, 6.07) is 1.84. The van der Waals surface area contributed by atoms with Crippen LogP contribution < -0.4 is 10.9 Å². The molecule has 2 N–H and O–H groups in total. The van der Waals surface area contributed by atoms with E-state index in [4.69, 9.17) is 0 Å². The number of hydrogen-bond acceptors (Lipinski definition) is 3. The van der Waals surface area contributed by atoms with E-state index in [9.17, 15) is 9.59 Å². The number of aromatic amines is 1. The number of carbonyl (C=O) groups is 1. The van der Waals surface area contributed by atoms with E-state index in [-0.39, 0.29) is 11.5 Å². The number of H-pyrrole nitrogens is 1. The van der Waals surface area contributed by atoms with Gasteiger partial charge in [-0.25, -0.2) is 0 Å². The van der Waals surface area contributed by atoms with Crippen molar-refractivity contribution >= 4 is 5.91 Å². The molecule has 5 heteroatoms. The van der Waals surface area contributed by atoms with Crippen LogP contribution in [0.5, 0.6) is 0 Å². The zero-order valence-corrected chi connectivity index (χ0v) is 13.3. The fraction of sp³-hybridized carbons (Fsp3) is 0.647. The van der Waals surface area contributed by atoms with Crippen LogP contribution in [0.4, 0.5) is 0 Å². The number of hydrogen-bond donors (Lipinski definition) is 2. The number of piperidine rings is 1. The molecule has 2 aliphatic rings. The summed E-state index contributed by atoms with van der Waals surface area (Å²) in [7, 11) is 1.96. The molecule has 1 aromatic rings. The van der Waals surface area contributed by atoms with Crippen LogP contribution in [-0.2, 0) is 12.8 Å². The molecule has 0 saturated carbocycles. The molecule has 2 heterocycles. The number of nitrogens with one attached hydrogen (secondary N) is 2. The van der Waals surface area contributed by atoms with Gasteiger partial charge in [0.25, 0.3) is 11.5 Å². The third-order valence-corrected chi connectivity index (χ3v) is 4.96. The highest BCUT2D eigenvalue weighted by Crippen LogP contribution is 2.21. The van der Waals surface area contributed by atoms with Crippen LogP contribution in [0.3, 0.4) is 0 Å². The highest BCUT2D eigenvalue weighted by atomic mass is 16.2. The first kappa shape index (κ1) is 15.3. The van der Waals surface area contributed by atoms with E-state index >= 15 is 0 Å². The first-order chi connectivity index (χ1) is 10.7. The highest BCUT2D eigenvalue weighted by molar-refractivity contribution is 5.94. The Balaban J connectivity index is 1.74. The number of fused-ring (bicyclic) bond motifs is 1. The van der Waals surface area contributed by atoms with Gasteiger partial charge in [0.15, 0.2) is 0 Å². The van der Waals surface area contributed by atoms with Crippen LogP contribution in [0.15, 0.2) is 10.9 Å². The molecule has 1 amide bonds. The van der Waals surface area contributed by atoms with Crippen LogP contribution in [-0.4, -0.2) is 42.5 Å². The maximum atomic E-state index is 12.7. The van der Waals surface area contributed by atoms with Crippen molar-refractivity contribution in [3.05, 3.63) is 33.2 Å². The predicted molar refractivity (Wildman–Crippen MR) is 86.3 cm³/mol. The molecule has 0 atom stereocenters. The van der Waals surface area contributed by atoms with Crippen molar-refractivity contribution in [1.29, 1.82) is 0 Å². The standard InChI is InChI=1S/C17H25N3O2/c1-18-11-12-6-8-20(9-7-12)17(22)14-10-13-4-2-3-5-15(13)19-16(14)21/h10,12,18H,2-9,11H2,1H3,(H,19,21). The zero-order valence-electron chi connectivity index (χ0n) is 13.3. The summed E-state index contributed by atoms with van der Waals surface area (Å²) in [4.78, 5) is 29.7. The zero-order chi connectivity index (χ0) is 15.5. The van der Waals surface area contributed by atoms with E-state index in [0.29, 0.717) is 11.5 Å². The summed E-state index contributed by atoms with van der Waals surface area (Å²) in [5, 5.41) is 3.20. The van der Waals surface area contributed by atoms with Crippen molar-refractivity contribution in [1.82, 2.24) is 15.2 Å². The molecular weight excluding hydrogens is 278 g/mol. The third kappa shape index (κ3) is 3.09. The highest BCUT2D eigenvalue weighted by Gasteiger charge is 2.26. The minimum absolute atomic E-state index is 0.0995. The molecule has 1 fully saturated rings. The molecule has 1 saturated heterocycles. The SMILES string of the molecule is CNCC1CCN(C(=O)c2cc3c([nH]c2=O)CCCC3)CC1. The van der Waals surface area contributed by atoms with Crippen molar-refractivity contribution in [3.63, 3.8) is 0 Å². The fourth-order valence-electron chi connectivity index (χ4n) is 3.63. The molecule has 1 aliphatic carbocycles. The van der Waals surface area contributed by atoms with E-state index < -0.39 is 0 Å². The smallest absolute Gasteiger partial charge is 0.261 e. The van der Waals surface area contributed by atoms with Crippen LogP contribution in [0, 0.1) is 5.92 Å². The van der Waals surface area contributed by atoms with Gasteiger partial charge in [-0.1, -0.05) is 0 Å². The van der Waals surface area contributed by atoms with Gasteiger partial charge in [-0.15, -0.1) is 0 Å². The number of rotatable bonds is 3. The topological polar surface area (TPSA) is 65.2 Å². The van der Waals surface area contributed by atoms with Gasteiger partial charge in [0, 0.05) is 18.8 Å². The maximum absolute atomic E-state index is 12.7. The summed E-state index contributed by atoms with van der Waals surface area (Å²) >= 11 is 0. The normalized spacial score (nSPS) is 19.0. The predicted octanol–water partition coefficient (Wildman–Crippen LogP) is 1.33. The summed E-state index contributed by atoms with van der Waals surface area (Å²) in [5.74, 6) is 0.536. The van der Waals surface area contributed by atoms with E-state index in [1.54, 1.807) is 0 Å². The minimum atomic E-state index is -0.219. The number of amides is 1. The van der Waals surface area contributed by atoms with Crippen LogP contribution in [0.2, 0.25) is 0 Å². The van der Waals surface area contributed by atoms with Gasteiger partial charge < -0.3 is 15.2 Å². The number of pyridine rings is 1. The molecule has 1 aliphatic heterocycles. The number of carbonyl (C=O) groups excluding carboxylic acids is 1. The van der Waals surface area contributed by atoms with Crippen molar-refractivity contribution in [2.45, 2.75) is 38.5 Å². The summed E-state index contributed by atoms with van der Waals surface area (Å²) in [5.41, 5.74) is 2.29. The Morgan fingerprint density at radius 1 is 1.32 bits per heavy atom. The van der Waals surface area contributed by atoms with Crippen molar-refractivity contribution < 1.29 is 4.79 Å². The lowest BCUT2D eigenvalue weighted by Gasteiger charge is -2.32. The van der Waals surface area contributed by atoms with E-state index in [2.05, 4.69) is 10.3 Å². The Morgan fingerprint density at radius 3 is 2.77 bits per heavy atom. The van der Waals surface area contributed by atoms with Crippen LogP contribution in [0.1, 0.15) is 47.3 Å². The van der Waals surface area contributed by atoms with Crippen LogP contribution in [0.25, 0.3) is 0 Å². The van der Waals surface area contributed by atoms with Gasteiger partial charge in [-0.05, 0) is 69.7 Å². The first-order valence-electron chi connectivity index (χ1n) is 8.38. The van der Waals surface area contributed by atoms with E-state index in [0.717, 1.165) is 69.4 Å². The monoisotopic (exact) mass is 303 g/mol. The molecule has 5 nitrogen and oxygen atoms in total. The molecule has 0 aromatic carbocycles. The third-order valence-electron chi connectivity index (χ3n) is 4.96. The summed E-state index contributed by atoms with van der Waals surface area (Å²) in [6.45, 7) is 2.50. The van der Waals surface area contributed by atoms with Gasteiger partial charge in [0.2, 0.25) is 0 Å². The largest absolute Gasteiger partial charge is 0.338 e. The molecule has 0 radical (unpaired) electrons. The number of nitrogens with zero attached hydrogens (tertiary/aromatic N) is 1. The average molecular weight is 303 g/mol. The van der Waals surface area contributed by atoms with Gasteiger partial charge in [-0.2, -0.15) is 0 Å². The molecule has 120 valence electrons. The number of aryl methyl sites for hydroxylation is 2. The summed E-state index contributed by atoms with van der Waals surface area (Å²) in [6.07, 6.45) is 6.17. The van der Waals surface area contributed by atoms with Crippen molar-refractivity contribution in [2.75, 3.05) is 26.7 Å². The van der Waals surface area contributed by atoms with Crippen molar-refractivity contribution in [3.8, 4) is 0 Å². The second-order valence-electron chi connectivity index (χ2n) is 6.52. The van der Waals surface area contributed by atoms with Gasteiger partial charge in [0.1, 0.15) is 5.56 Å². The second-order valence-corrected chi connectivity index (χ2v) is 6.52. The Morgan fingerprint density at radius 2 is 2.05 bits per heavy atom. The molecule has 0 bridgehead atoms. The lowest BCUT2D eigenvalue weighted by molar-refractivity contribution is 0.0689. The minimum Gasteiger partial charge on any atom is -0.338 e. The Kier molecular flexibility index (Phi) is 4.62. The Bertz CT molecular complexity index is 600. The number of aromatic nitrogens is 1. The maximum Gasteiger partial charge on any atom is 0.261 e. The second kappa shape index (κ2) is 6.65. The van der Waals surface area contributed by atoms with E-state index in [1.165, 1.54) is 0 Å². The Hall–Kier alpha value is -1.62. The first-order valence-corrected chi connectivity index (χ1v) is 8.38. The Labute approximate surface area is 131 Å². The molecular formula is C17H25N3O2. The van der Waals surface area contributed by atoms with Gasteiger partial charge in [0.05, 0.1) is 0 Å². The number of likely N-dealkylation sites (tertiary alicyclic amines) is 1. The molecule has 0 unspecified atom stereocenters. The van der Waals surface area contributed by atoms with E-state index in [1.807, 2.05) is 18.0 Å². The van der Waals surface area contributed by atoms with Crippen LogP contribution >= 0.6 is 0 Å². The molecule has 0 spiro atoms. The molecule has 22 heavy (non-hydrogen) atoms. The fourth-order valence-corrected chi connectivity index (χ4v) is 3.63. The lowest BCUT2D eigenvalue weighted by Crippen LogP contribution is -2.42. The van der Waals surface area contributed by atoms with Gasteiger partial charge >= 0.3 is 0 Å². The van der Waals surface area contributed by atoms with Crippen molar-refractivity contribution in [2.24, 2.45) is 5.92 Å². The molecule has 1 aromatic heterocycles. The van der Waals surface area contributed by atoms with Gasteiger partial charge in [-0.3, -0.25) is 9.59 Å². The quantitative estimate of drug-likeness (QED) is 0.885. The molecule has 3 rings (SSSR count).